The van der Waals surface area contributed by atoms with Gasteiger partial charge >= 0.3 is 0 Å². The number of amides is 1. The number of carbonyl (C=O) groups excluding carboxylic acids is 2. The molecule has 0 aliphatic carbocycles. The summed E-state index contributed by atoms with van der Waals surface area (Å²) in [4.78, 5) is 29.1. The first kappa shape index (κ1) is 24.3. The zero-order valence-corrected chi connectivity index (χ0v) is 19.9. The zero-order valence-electron chi connectivity index (χ0n) is 19.9. The Morgan fingerprint density at radius 2 is 1.70 bits per heavy atom. The number of hydrogen-bond donors (Lipinski definition) is 1. The van der Waals surface area contributed by atoms with Crippen molar-refractivity contribution in [2.45, 2.75) is 26.8 Å². The van der Waals surface area contributed by atoms with Crippen LogP contribution in [-0.2, 0) is 9.59 Å². The molecule has 1 fully saturated rings. The van der Waals surface area contributed by atoms with Gasteiger partial charge < -0.3 is 24.4 Å². The molecule has 7 heteroatoms. The standard InChI is InChI=1S/C26H32N2O5/c1-6-27(7-2)14-15-28-23(20-16-19(32-4)12-13-21(20)33-5)22(25(30)26(28)31)24(29)18-10-8-17(3)9-11-18/h8-13,16,23,29H,6-7,14-15H2,1-5H3. The van der Waals surface area contributed by atoms with E-state index in [-0.39, 0.29) is 5.57 Å². The average molecular weight is 453 g/mol. The van der Waals surface area contributed by atoms with Gasteiger partial charge in [0.25, 0.3) is 5.91 Å². The van der Waals surface area contributed by atoms with E-state index < -0.39 is 23.5 Å². The predicted molar refractivity (Wildman–Crippen MR) is 124 cm³/mol. The van der Waals surface area contributed by atoms with Crippen LogP contribution in [0.3, 0.4) is 0 Å². The SMILES string of the molecule is CC[NH+](CC)CCN1C(=O)C(=O)C(=C([O-])c2ccc(C)cc2)C1c1cc(OC)ccc1OC. The van der Waals surface area contributed by atoms with Crippen molar-refractivity contribution in [3.05, 3.63) is 64.7 Å². The summed E-state index contributed by atoms with van der Waals surface area (Å²) in [5.74, 6) is -0.829. The van der Waals surface area contributed by atoms with Crippen LogP contribution in [0.2, 0.25) is 0 Å². The number of likely N-dealkylation sites (N-methyl/N-ethyl adjacent to an activating group) is 1. The van der Waals surface area contributed by atoms with Crippen LogP contribution < -0.4 is 19.5 Å². The Morgan fingerprint density at radius 1 is 1.03 bits per heavy atom. The molecule has 7 nitrogen and oxygen atoms in total. The summed E-state index contributed by atoms with van der Waals surface area (Å²) in [6.45, 7) is 8.90. The van der Waals surface area contributed by atoms with Gasteiger partial charge in [-0.1, -0.05) is 35.6 Å². The van der Waals surface area contributed by atoms with Crippen LogP contribution in [0.25, 0.3) is 5.76 Å². The third kappa shape index (κ3) is 4.88. The maximum atomic E-state index is 13.5. The summed E-state index contributed by atoms with van der Waals surface area (Å²) in [5, 5.41) is 13.5. The minimum absolute atomic E-state index is 0.0510. The number of hydrogen-bond acceptors (Lipinski definition) is 5. The quantitative estimate of drug-likeness (QED) is 0.351. The van der Waals surface area contributed by atoms with Crippen molar-refractivity contribution in [3.8, 4) is 11.5 Å². The van der Waals surface area contributed by atoms with Gasteiger partial charge in [0.05, 0.1) is 46.4 Å². The van der Waals surface area contributed by atoms with Gasteiger partial charge in [-0.05, 0) is 44.5 Å². The summed E-state index contributed by atoms with van der Waals surface area (Å²) < 4.78 is 10.9. The zero-order chi connectivity index (χ0) is 24.1. The molecule has 1 heterocycles. The summed E-state index contributed by atoms with van der Waals surface area (Å²) in [6.07, 6.45) is 0. The van der Waals surface area contributed by atoms with Crippen LogP contribution in [0.4, 0.5) is 0 Å². The van der Waals surface area contributed by atoms with Gasteiger partial charge in [0.2, 0.25) is 5.78 Å². The number of carbonyl (C=O) groups is 2. The molecular formula is C26H32N2O5. The van der Waals surface area contributed by atoms with Crippen molar-refractivity contribution in [1.29, 1.82) is 0 Å². The topological polar surface area (TPSA) is 83.3 Å². The number of aryl methyl sites for hydroxylation is 1. The van der Waals surface area contributed by atoms with Crippen LogP contribution >= 0.6 is 0 Å². The largest absolute Gasteiger partial charge is 0.872 e. The highest BCUT2D eigenvalue weighted by atomic mass is 16.5. The highest BCUT2D eigenvalue weighted by Gasteiger charge is 2.45. The number of methoxy groups -OCH3 is 2. The second-order valence-electron chi connectivity index (χ2n) is 8.15. The number of likely N-dealkylation sites (tertiary alicyclic amines) is 1. The van der Waals surface area contributed by atoms with E-state index in [1.54, 1.807) is 37.4 Å². The second-order valence-corrected chi connectivity index (χ2v) is 8.15. The smallest absolute Gasteiger partial charge is 0.295 e. The van der Waals surface area contributed by atoms with Crippen molar-refractivity contribution in [1.82, 2.24) is 4.90 Å². The summed E-state index contributed by atoms with van der Waals surface area (Å²) in [6, 6.07) is 11.4. The summed E-state index contributed by atoms with van der Waals surface area (Å²) >= 11 is 0. The molecular weight excluding hydrogens is 420 g/mol. The molecule has 33 heavy (non-hydrogen) atoms. The Bertz CT molecular complexity index is 1040. The molecule has 1 saturated heterocycles. The molecule has 1 atom stereocenters. The summed E-state index contributed by atoms with van der Waals surface area (Å²) in [5.41, 5.74) is 1.88. The Labute approximate surface area is 195 Å². The lowest BCUT2D eigenvalue weighted by atomic mass is 9.94. The fourth-order valence-electron chi connectivity index (χ4n) is 4.22. The number of nitrogens with zero attached hydrogens (tertiary/aromatic N) is 1. The lowest BCUT2D eigenvalue weighted by Crippen LogP contribution is -3.12. The fourth-order valence-corrected chi connectivity index (χ4v) is 4.22. The lowest BCUT2D eigenvalue weighted by Gasteiger charge is -2.29. The van der Waals surface area contributed by atoms with E-state index in [1.807, 2.05) is 19.1 Å². The van der Waals surface area contributed by atoms with Gasteiger partial charge in [0.1, 0.15) is 11.5 Å². The first-order valence-electron chi connectivity index (χ1n) is 11.2. The van der Waals surface area contributed by atoms with E-state index in [1.165, 1.54) is 16.9 Å². The molecule has 0 saturated carbocycles. The normalized spacial score (nSPS) is 17.6. The number of ketones is 1. The first-order chi connectivity index (χ1) is 15.9. The highest BCUT2D eigenvalue weighted by molar-refractivity contribution is 6.46. The lowest BCUT2D eigenvalue weighted by molar-refractivity contribution is -0.895. The summed E-state index contributed by atoms with van der Waals surface area (Å²) in [7, 11) is 3.07. The molecule has 176 valence electrons. The third-order valence-corrected chi connectivity index (χ3v) is 6.28. The van der Waals surface area contributed by atoms with E-state index in [9.17, 15) is 14.7 Å². The third-order valence-electron chi connectivity index (χ3n) is 6.28. The van der Waals surface area contributed by atoms with Crippen molar-refractivity contribution < 1.29 is 29.1 Å². The van der Waals surface area contributed by atoms with E-state index in [2.05, 4.69) is 13.8 Å². The minimum Gasteiger partial charge on any atom is -0.872 e. The minimum atomic E-state index is -0.848. The van der Waals surface area contributed by atoms with E-state index in [0.29, 0.717) is 35.7 Å². The Kier molecular flexibility index (Phi) is 7.76. The maximum Gasteiger partial charge on any atom is 0.295 e. The molecule has 0 bridgehead atoms. The fraction of sp³-hybridized carbons (Fsp3) is 0.385. The van der Waals surface area contributed by atoms with Crippen molar-refractivity contribution in [2.24, 2.45) is 0 Å². The van der Waals surface area contributed by atoms with Crippen molar-refractivity contribution in [2.75, 3.05) is 40.4 Å². The van der Waals surface area contributed by atoms with Crippen LogP contribution in [0.5, 0.6) is 11.5 Å². The average Bonchev–Trinajstić information content (AvgIpc) is 3.09. The van der Waals surface area contributed by atoms with Gasteiger partial charge in [0, 0.05) is 11.1 Å². The monoisotopic (exact) mass is 452 g/mol. The van der Waals surface area contributed by atoms with Crippen LogP contribution in [0, 0.1) is 6.92 Å². The van der Waals surface area contributed by atoms with Gasteiger partial charge in [-0.3, -0.25) is 9.59 Å². The van der Waals surface area contributed by atoms with Crippen LogP contribution in [0.1, 0.15) is 36.6 Å². The van der Waals surface area contributed by atoms with Gasteiger partial charge in [-0.15, -0.1) is 0 Å². The van der Waals surface area contributed by atoms with E-state index in [0.717, 1.165) is 18.7 Å². The van der Waals surface area contributed by atoms with Gasteiger partial charge in [0.15, 0.2) is 0 Å². The molecule has 1 aliphatic rings. The van der Waals surface area contributed by atoms with Crippen molar-refractivity contribution >= 4 is 17.4 Å². The second kappa shape index (κ2) is 10.5. The molecule has 2 aromatic carbocycles. The number of Topliss-reactive ketones (excluding diaryl/α,β-unsaturated/α-hetero) is 1. The molecule has 1 amide bonds. The molecule has 1 aliphatic heterocycles. The molecule has 0 aromatic heterocycles. The molecule has 0 radical (unpaired) electrons. The Balaban J connectivity index is 2.19. The molecule has 3 rings (SSSR count). The number of nitrogens with one attached hydrogen (secondary N) is 1. The van der Waals surface area contributed by atoms with Gasteiger partial charge in [-0.25, -0.2) is 0 Å². The van der Waals surface area contributed by atoms with Crippen LogP contribution in [0.15, 0.2) is 48.0 Å². The number of quaternary nitrogens is 1. The highest BCUT2D eigenvalue weighted by Crippen LogP contribution is 2.43. The Hall–Kier alpha value is -3.32. The van der Waals surface area contributed by atoms with Crippen LogP contribution in [-0.4, -0.2) is 57.0 Å². The molecule has 2 aromatic rings. The Morgan fingerprint density at radius 3 is 2.27 bits per heavy atom. The predicted octanol–water partition coefficient (Wildman–Crippen LogP) is 1.16. The van der Waals surface area contributed by atoms with Crippen molar-refractivity contribution in [3.63, 3.8) is 0 Å². The number of rotatable bonds is 9. The number of benzene rings is 2. The molecule has 1 N–H and O–H groups in total. The maximum absolute atomic E-state index is 13.5. The number of ether oxygens (including phenoxy) is 2. The van der Waals surface area contributed by atoms with E-state index in [4.69, 9.17) is 9.47 Å². The van der Waals surface area contributed by atoms with Gasteiger partial charge in [-0.2, -0.15) is 0 Å². The first-order valence-corrected chi connectivity index (χ1v) is 11.2. The molecule has 1 unspecified atom stereocenters. The van der Waals surface area contributed by atoms with E-state index >= 15 is 0 Å². The molecule has 0 spiro atoms.